The number of nitrogens with zero attached hydrogens (tertiary/aromatic N) is 1. The number of hydrogen-bond acceptors (Lipinski definition) is 4. The predicted molar refractivity (Wildman–Crippen MR) is 56.4 cm³/mol. The minimum atomic E-state index is -0.432. The number of halogens is 1. The highest BCUT2D eigenvalue weighted by molar-refractivity contribution is 5.86. The highest BCUT2D eigenvalue weighted by atomic mass is 19.1. The number of aldehydes is 1. The van der Waals surface area contributed by atoms with E-state index >= 15 is 0 Å². The van der Waals surface area contributed by atoms with Gasteiger partial charge in [-0.2, -0.15) is 0 Å². The molecule has 2 aromatic rings. The Hall–Kier alpha value is -2.17. The fourth-order valence-corrected chi connectivity index (χ4v) is 1.42. The molecule has 0 amide bonds. The van der Waals surface area contributed by atoms with Crippen LogP contribution in [0.1, 0.15) is 15.9 Å². The summed E-state index contributed by atoms with van der Waals surface area (Å²) in [5.74, 6) is 0.134. The fraction of sp³-hybridized carbons (Fsp3) is 0.0909. The number of rotatable bonds is 2. The van der Waals surface area contributed by atoms with Crippen LogP contribution < -0.4 is 5.73 Å². The van der Waals surface area contributed by atoms with Crippen LogP contribution in [0.5, 0.6) is 0 Å². The summed E-state index contributed by atoms with van der Waals surface area (Å²) in [6.45, 7) is 1.60. The van der Waals surface area contributed by atoms with E-state index in [0.717, 1.165) is 6.07 Å². The summed E-state index contributed by atoms with van der Waals surface area (Å²) in [6.07, 6.45) is 0.566. The van der Waals surface area contributed by atoms with Crippen LogP contribution in [0.3, 0.4) is 0 Å². The van der Waals surface area contributed by atoms with Crippen LogP contribution in [0, 0.1) is 12.7 Å². The van der Waals surface area contributed by atoms with Gasteiger partial charge in [-0.25, -0.2) is 4.39 Å². The molecule has 16 heavy (non-hydrogen) atoms. The van der Waals surface area contributed by atoms with Crippen molar-refractivity contribution in [2.75, 3.05) is 5.73 Å². The lowest BCUT2D eigenvalue weighted by molar-refractivity contribution is 0.112. The van der Waals surface area contributed by atoms with E-state index in [1.807, 2.05) is 0 Å². The molecule has 82 valence electrons. The summed E-state index contributed by atoms with van der Waals surface area (Å²) in [5, 5.41) is 3.51. The molecule has 1 aromatic heterocycles. The van der Waals surface area contributed by atoms with Gasteiger partial charge in [-0.15, -0.1) is 0 Å². The Labute approximate surface area is 90.9 Å². The topological polar surface area (TPSA) is 69.1 Å². The molecule has 5 heteroatoms. The van der Waals surface area contributed by atoms with Crippen LogP contribution in [0.25, 0.3) is 11.3 Å². The van der Waals surface area contributed by atoms with Crippen molar-refractivity contribution in [3.63, 3.8) is 0 Å². The fourth-order valence-electron chi connectivity index (χ4n) is 1.42. The van der Waals surface area contributed by atoms with Crippen molar-refractivity contribution in [2.45, 2.75) is 6.92 Å². The van der Waals surface area contributed by atoms with Crippen LogP contribution in [0.15, 0.2) is 22.7 Å². The molecule has 0 unspecified atom stereocenters. The number of carbonyl (C=O) groups excluding carboxylic acids is 1. The second-order valence-electron chi connectivity index (χ2n) is 3.42. The standard InChI is InChI=1S/C11H9FN2O2/c1-6-2-8(7(5-15)3-9(6)12)10-4-11(13)14-16-10/h2-5H,1H3,(H2,13,14). The Morgan fingerprint density at radius 2 is 2.19 bits per heavy atom. The lowest BCUT2D eigenvalue weighted by Crippen LogP contribution is -1.92. The Bertz CT molecular complexity index is 549. The Morgan fingerprint density at radius 3 is 2.75 bits per heavy atom. The number of nitrogen functional groups attached to an aromatic ring is 1. The van der Waals surface area contributed by atoms with Gasteiger partial charge in [0.05, 0.1) is 0 Å². The van der Waals surface area contributed by atoms with Gasteiger partial charge in [0, 0.05) is 17.2 Å². The highest BCUT2D eigenvalue weighted by Gasteiger charge is 2.12. The maximum Gasteiger partial charge on any atom is 0.169 e. The zero-order chi connectivity index (χ0) is 11.7. The van der Waals surface area contributed by atoms with E-state index in [4.69, 9.17) is 10.3 Å². The molecule has 2 rings (SSSR count). The molecule has 0 aliphatic heterocycles. The lowest BCUT2D eigenvalue weighted by atomic mass is 10.0. The van der Waals surface area contributed by atoms with Crippen LogP contribution in [-0.4, -0.2) is 11.4 Å². The number of benzene rings is 1. The largest absolute Gasteiger partial charge is 0.381 e. The molecule has 0 saturated carbocycles. The number of aryl methyl sites for hydroxylation is 1. The van der Waals surface area contributed by atoms with E-state index in [1.54, 1.807) is 6.92 Å². The smallest absolute Gasteiger partial charge is 0.169 e. The molecular weight excluding hydrogens is 211 g/mol. The average molecular weight is 220 g/mol. The molecule has 0 spiro atoms. The van der Waals surface area contributed by atoms with Gasteiger partial charge in [-0.05, 0) is 24.6 Å². The van der Waals surface area contributed by atoms with E-state index in [9.17, 15) is 9.18 Å². The first kappa shape index (κ1) is 10.4. The summed E-state index contributed by atoms with van der Waals surface area (Å²) >= 11 is 0. The lowest BCUT2D eigenvalue weighted by Gasteiger charge is -2.03. The number of anilines is 1. The van der Waals surface area contributed by atoms with Gasteiger partial charge in [-0.1, -0.05) is 5.16 Å². The van der Waals surface area contributed by atoms with Gasteiger partial charge in [0.2, 0.25) is 0 Å². The van der Waals surface area contributed by atoms with E-state index in [2.05, 4.69) is 5.16 Å². The molecule has 1 heterocycles. The average Bonchev–Trinajstić information content (AvgIpc) is 2.68. The number of nitrogens with two attached hydrogens (primary N) is 1. The number of hydrogen-bond donors (Lipinski definition) is 1. The normalized spacial score (nSPS) is 10.4. The van der Waals surface area contributed by atoms with Crippen molar-refractivity contribution >= 4 is 12.1 Å². The van der Waals surface area contributed by atoms with Gasteiger partial charge in [0.25, 0.3) is 0 Å². The molecule has 4 nitrogen and oxygen atoms in total. The SMILES string of the molecule is Cc1cc(-c2cc(N)no2)c(C=O)cc1F. The first-order valence-corrected chi connectivity index (χ1v) is 4.59. The first-order valence-electron chi connectivity index (χ1n) is 4.59. The third-order valence-corrected chi connectivity index (χ3v) is 2.25. The highest BCUT2D eigenvalue weighted by Crippen LogP contribution is 2.26. The molecule has 0 saturated heterocycles. The van der Waals surface area contributed by atoms with Gasteiger partial charge in [-0.3, -0.25) is 4.79 Å². The van der Waals surface area contributed by atoms with Crippen LogP contribution >= 0.6 is 0 Å². The van der Waals surface area contributed by atoms with E-state index in [1.165, 1.54) is 12.1 Å². The molecule has 0 aliphatic rings. The molecule has 1 aromatic carbocycles. The predicted octanol–water partition coefficient (Wildman–Crippen LogP) is 2.18. The van der Waals surface area contributed by atoms with Crippen molar-refractivity contribution in [3.8, 4) is 11.3 Å². The molecule has 0 atom stereocenters. The monoisotopic (exact) mass is 220 g/mol. The Balaban J connectivity index is 2.63. The minimum absolute atomic E-state index is 0.208. The van der Waals surface area contributed by atoms with E-state index in [-0.39, 0.29) is 11.4 Å². The van der Waals surface area contributed by atoms with Gasteiger partial charge >= 0.3 is 0 Å². The molecule has 0 fully saturated rings. The molecule has 0 aliphatic carbocycles. The summed E-state index contributed by atoms with van der Waals surface area (Å²) < 4.78 is 18.2. The Kier molecular flexibility index (Phi) is 2.44. The third-order valence-electron chi connectivity index (χ3n) is 2.25. The maximum atomic E-state index is 13.2. The summed E-state index contributed by atoms with van der Waals surface area (Å²) in [5.41, 5.74) is 6.53. The summed E-state index contributed by atoms with van der Waals surface area (Å²) in [7, 11) is 0. The second kappa shape index (κ2) is 3.77. The Morgan fingerprint density at radius 1 is 1.44 bits per heavy atom. The third kappa shape index (κ3) is 1.67. The minimum Gasteiger partial charge on any atom is -0.381 e. The maximum absolute atomic E-state index is 13.2. The zero-order valence-corrected chi connectivity index (χ0v) is 8.53. The van der Waals surface area contributed by atoms with Crippen molar-refractivity contribution < 1.29 is 13.7 Å². The number of aromatic nitrogens is 1. The van der Waals surface area contributed by atoms with Crippen LogP contribution in [-0.2, 0) is 0 Å². The van der Waals surface area contributed by atoms with E-state index < -0.39 is 5.82 Å². The van der Waals surface area contributed by atoms with Gasteiger partial charge in [0.15, 0.2) is 17.9 Å². The molecule has 2 N–H and O–H groups in total. The van der Waals surface area contributed by atoms with Gasteiger partial charge < -0.3 is 10.3 Å². The molecule has 0 bridgehead atoms. The van der Waals surface area contributed by atoms with Crippen molar-refractivity contribution in [1.29, 1.82) is 0 Å². The van der Waals surface area contributed by atoms with Crippen molar-refractivity contribution in [3.05, 3.63) is 35.1 Å². The summed E-state index contributed by atoms with van der Waals surface area (Å²) in [6, 6.07) is 4.18. The van der Waals surface area contributed by atoms with Gasteiger partial charge in [0.1, 0.15) is 5.82 Å². The van der Waals surface area contributed by atoms with Crippen molar-refractivity contribution in [1.82, 2.24) is 5.16 Å². The molecular formula is C11H9FN2O2. The van der Waals surface area contributed by atoms with Crippen LogP contribution in [0.4, 0.5) is 10.2 Å². The zero-order valence-electron chi connectivity index (χ0n) is 8.53. The first-order chi connectivity index (χ1) is 7.61. The van der Waals surface area contributed by atoms with E-state index in [0.29, 0.717) is 23.2 Å². The van der Waals surface area contributed by atoms with Crippen molar-refractivity contribution in [2.24, 2.45) is 0 Å². The number of carbonyl (C=O) groups is 1. The quantitative estimate of drug-likeness (QED) is 0.787. The summed E-state index contributed by atoms with van der Waals surface area (Å²) in [4.78, 5) is 10.8. The molecule has 0 radical (unpaired) electrons. The second-order valence-corrected chi connectivity index (χ2v) is 3.42. The van der Waals surface area contributed by atoms with Crippen LogP contribution in [0.2, 0.25) is 0 Å².